The smallest absolute Gasteiger partial charge is 0.221 e. The molecule has 17 heavy (non-hydrogen) atoms. The lowest BCUT2D eigenvalue weighted by atomic mass is 10.1. The monoisotopic (exact) mass is 229 g/mol. The number of hydrogen-bond acceptors (Lipinski definition) is 4. The Morgan fingerprint density at radius 1 is 1.18 bits per heavy atom. The number of benzene rings is 1. The van der Waals surface area contributed by atoms with E-state index in [2.05, 4.69) is 9.97 Å². The Balaban J connectivity index is 2.39. The maximum atomic E-state index is 13.2. The van der Waals surface area contributed by atoms with E-state index < -0.39 is 0 Å². The lowest BCUT2D eigenvalue weighted by molar-refractivity contribution is 0.580. The Morgan fingerprint density at radius 2 is 2.06 bits per heavy atom. The Hall–Kier alpha value is -2.43. The van der Waals surface area contributed by atoms with Gasteiger partial charge in [0.1, 0.15) is 11.5 Å². The van der Waals surface area contributed by atoms with E-state index in [0.717, 1.165) is 0 Å². The van der Waals surface area contributed by atoms with Crippen LogP contribution in [0.15, 0.2) is 41.0 Å². The molecule has 0 atom stereocenters. The zero-order chi connectivity index (χ0) is 11.8. The maximum absolute atomic E-state index is 13.2. The molecular formula is C12H8FN3O. The highest BCUT2D eigenvalue weighted by molar-refractivity contribution is 5.91. The number of nitrogens with two attached hydrogens (primary N) is 1. The van der Waals surface area contributed by atoms with E-state index in [-0.39, 0.29) is 11.8 Å². The first kappa shape index (κ1) is 9.77. The average molecular weight is 229 g/mol. The summed E-state index contributed by atoms with van der Waals surface area (Å²) in [5.74, 6) is 0.323. The number of halogens is 1. The number of hydrogen-bond donors (Lipinski definition) is 1. The topological polar surface area (TPSA) is 64.9 Å². The van der Waals surface area contributed by atoms with Crippen molar-refractivity contribution in [2.45, 2.75) is 0 Å². The van der Waals surface area contributed by atoms with Crippen LogP contribution in [0, 0.1) is 5.82 Å². The molecule has 1 aromatic carbocycles. The third-order valence-electron chi connectivity index (χ3n) is 2.43. The van der Waals surface area contributed by atoms with Crippen molar-refractivity contribution >= 4 is 16.9 Å². The van der Waals surface area contributed by atoms with Crippen LogP contribution in [-0.4, -0.2) is 9.97 Å². The molecule has 0 fully saturated rings. The molecule has 0 saturated carbocycles. The summed E-state index contributed by atoms with van der Waals surface area (Å²) in [6.07, 6.45) is 1.53. The van der Waals surface area contributed by atoms with Crippen LogP contribution in [0.5, 0.6) is 0 Å². The Labute approximate surface area is 95.9 Å². The summed E-state index contributed by atoms with van der Waals surface area (Å²) in [6, 6.07) is 7.74. The second kappa shape index (κ2) is 3.55. The fraction of sp³-hybridized carbons (Fsp3) is 0. The minimum Gasteiger partial charge on any atom is -0.463 e. The van der Waals surface area contributed by atoms with Crippen LogP contribution < -0.4 is 5.73 Å². The van der Waals surface area contributed by atoms with E-state index in [0.29, 0.717) is 22.4 Å². The van der Waals surface area contributed by atoms with Gasteiger partial charge in [0.25, 0.3) is 0 Å². The Bertz CT molecular complexity index is 680. The second-order valence-electron chi connectivity index (χ2n) is 3.57. The summed E-state index contributed by atoms with van der Waals surface area (Å²) in [5.41, 5.74) is 6.70. The van der Waals surface area contributed by atoms with Crippen molar-refractivity contribution in [2.75, 3.05) is 5.73 Å². The fourth-order valence-electron chi connectivity index (χ4n) is 1.72. The van der Waals surface area contributed by atoms with Gasteiger partial charge in [-0.15, -0.1) is 0 Å². The van der Waals surface area contributed by atoms with Crippen molar-refractivity contribution in [1.82, 2.24) is 9.97 Å². The van der Waals surface area contributed by atoms with E-state index in [1.807, 2.05) is 0 Å². The Morgan fingerprint density at radius 3 is 2.82 bits per heavy atom. The maximum Gasteiger partial charge on any atom is 0.221 e. The molecule has 0 spiro atoms. The van der Waals surface area contributed by atoms with Crippen LogP contribution in [-0.2, 0) is 0 Å². The van der Waals surface area contributed by atoms with E-state index in [1.165, 1.54) is 18.4 Å². The van der Waals surface area contributed by atoms with E-state index >= 15 is 0 Å². The minimum absolute atomic E-state index is 0.135. The number of rotatable bonds is 1. The molecule has 0 unspecified atom stereocenters. The first-order chi connectivity index (χ1) is 8.24. The lowest BCUT2D eigenvalue weighted by Crippen LogP contribution is -1.97. The number of fused-ring (bicyclic) bond motifs is 1. The van der Waals surface area contributed by atoms with Crippen LogP contribution in [0.4, 0.5) is 10.3 Å². The van der Waals surface area contributed by atoms with Crippen molar-refractivity contribution in [1.29, 1.82) is 0 Å². The van der Waals surface area contributed by atoms with Gasteiger partial charge in [-0.1, -0.05) is 0 Å². The molecule has 0 aliphatic rings. The number of nitrogens with zero attached hydrogens (tertiary/aromatic N) is 2. The van der Waals surface area contributed by atoms with Crippen molar-refractivity contribution in [3.63, 3.8) is 0 Å². The van der Waals surface area contributed by atoms with E-state index in [4.69, 9.17) is 10.2 Å². The number of anilines is 1. The summed E-state index contributed by atoms with van der Waals surface area (Å²) in [4.78, 5) is 8.14. The van der Waals surface area contributed by atoms with Gasteiger partial charge in [0, 0.05) is 5.39 Å². The number of furan rings is 1. The van der Waals surface area contributed by atoms with Crippen LogP contribution in [0.2, 0.25) is 0 Å². The van der Waals surface area contributed by atoms with Crippen LogP contribution in [0.25, 0.3) is 22.4 Å². The van der Waals surface area contributed by atoms with E-state index in [1.54, 1.807) is 18.2 Å². The van der Waals surface area contributed by atoms with Gasteiger partial charge in [-0.3, -0.25) is 0 Å². The summed E-state index contributed by atoms with van der Waals surface area (Å²) in [6.45, 7) is 0. The molecule has 5 heteroatoms. The standard InChI is InChI=1S/C12H8FN3O/c13-7-3-4-9-8(6-7)11(16-12(14)15-9)10-2-1-5-17-10/h1-6H,(H2,14,15,16). The molecule has 0 radical (unpaired) electrons. The molecule has 3 aromatic rings. The largest absolute Gasteiger partial charge is 0.463 e. The van der Waals surface area contributed by atoms with Gasteiger partial charge in [0.05, 0.1) is 11.8 Å². The van der Waals surface area contributed by atoms with Gasteiger partial charge in [-0.05, 0) is 30.3 Å². The molecule has 2 aromatic heterocycles. The molecule has 84 valence electrons. The summed E-state index contributed by atoms with van der Waals surface area (Å²) < 4.78 is 18.5. The van der Waals surface area contributed by atoms with Gasteiger partial charge >= 0.3 is 0 Å². The molecule has 2 N–H and O–H groups in total. The predicted molar refractivity (Wildman–Crippen MR) is 61.6 cm³/mol. The van der Waals surface area contributed by atoms with Gasteiger partial charge in [-0.2, -0.15) is 0 Å². The highest BCUT2D eigenvalue weighted by atomic mass is 19.1. The van der Waals surface area contributed by atoms with Gasteiger partial charge in [-0.25, -0.2) is 14.4 Å². The quantitative estimate of drug-likeness (QED) is 0.696. The zero-order valence-electron chi connectivity index (χ0n) is 8.72. The minimum atomic E-state index is -0.348. The third kappa shape index (κ3) is 1.61. The Kier molecular flexibility index (Phi) is 2.04. The first-order valence-electron chi connectivity index (χ1n) is 5.01. The van der Waals surface area contributed by atoms with E-state index in [9.17, 15) is 4.39 Å². The molecule has 4 nitrogen and oxygen atoms in total. The zero-order valence-corrected chi connectivity index (χ0v) is 8.72. The summed E-state index contributed by atoms with van der Waals surface area (Å²) >= 11 is 0. The third-order valence-corrected chi connectivity index (χ3v) is 2.43. The molecule has 0 bridgehead atoms. The predicted octanol–water partition coefficient (Wildman–Crippen LogP) is 2.61. The van der Waals surface area contributed by atoms with Gasteiger partial charge < -0.3 is 10.2 Å². The summed E-state index contributed by atoms with van der Waals surface area (Å²) in [7, 11) is 0. The summed E-state index contributed by atoms with van der Waals surface area (Å²) in [5, 5.41) is 0.578. The molecule has 0 aliphatic carbocycles. The molecule has 3 rings (SSSR count). The SMILES string of the molecule is Nc1nc(-c2ccco2)c2cc(F)ccc2n1. The van der Waals surface area contributed by atoms with Crippen molar-refractivity contribution in [3.8, 4) is 11.5 Å². The van der Waals surface area contributed by atoms with Gasteiger partial charge in [0.2, 0.25) is 5.95 Å². The normalized spacial score (nSPS) is 10.9. The van der Waals surface area contributed by atoms with Crippen LogP contribution >= 0.6 is 0 Å². The number of aromatic nitrogens is 2. The molecular weight excluding hydrogens is 221 g/mol. The average Bonchev–Trinajstić information content (AvgIpc) is 2.82. The second-order valence-corrected chi connectivity index (χ2v) is 3.57. The van der Waals surface area contributed by atoms with Crippen molar-refractivity contribution < 1.29 is 8.81 Å². The van der Waals surface area contributed by atoms with Crippen LogP contribution in [0.1, 0.15) is 0 Å². The highest BCUT2D eigenvalue weighted by Crippen LogP contribution is 2.27. The van der Waals surface area contributed by atoms with Crippen molar-refractivity contribution in [3.05, 3.63) is 42.4 Å². The first-order valence-corrected chi connectivity index (χ1v) is 5.01. The molecule has 2 heterocycles. The van der Waals surface area contributed by atoms with Crippen LogP contribution in [0.3, 0.4) is 0 Å². The molecule has 0 aliphatic heterocycles. The molecule has 0 saturated heterocycles. The fourth-order valence-corrected chi connectivity index (χ4v) is 1.72. The van der Waals surface area contributed by atoms with Gasteiger partial charge in [0.15, 0.2) is 5.76 Å². The highest BCUT2D eigenvalue weighted by Gasteiger charge is 2.11. The number of nitrogen functional groups attached to an aromatic ring is 1. The molecule has 0 amide bonds. The lowest BCUT2D eigenvalue weighted by Gasteiger charge is -2.04. The van der Waals surface area contributed by atoms with Crippen molar-refractivity contribution in [2.24, 2.45) is 0 Å².